The van der Waals surface area contributed by atoms with Crippen LogP contribution >= 0.6 is 0 Å². The highest BCUT2D eigenvalue weighted by atomic mass is 32.2. The molecule has 1 aliphatic carbocycles. The molecule has 0 unspecified atom stereocenters. The number of nitrogens with zero attached hydrogens (tertiary/aromatic N) is 4. The average molecular weight is 658 g/mol. The normalized spacial score (nSPS) is 16.4. The number of imidazole rings is 1. The van der Waals surface area contributed by atoms with Gasteiger partial charge < -0.3 is 14.0 Å². The van der Waals surface area contributed by atoms with Crippen molar-refractivity contribution >= 4 is 27.5 Å². The Morgan fingerprint density at radius 2 is 1.77 bits per heavy atom. The summed E-state index contributed by atoms with van der Waals surface area (Å²) in [6.45, 7) is 10.9. The zero-order valence-corrected chi connectivity index (χ0v) is 28.7. The highest BCUT2D eigenvalue weighted by molar-refractivity contribution is 7.92. The Bertz CT molecular complexity index is 1960. The zero-order valence-electron chi connectivity index (χ0n) is 27.9. The summed E-state index contributed by atoms with van der Waals surface area (Å²) in [5.41, 5.74) is 4.79. The molecule has 1 amide bonds. The molecule has 1 saturated heterocycles. The molecule has 1 N–H and O–H groups in total. The molecule has 2 aromatic carbocycles. The summed E-state index contributed by atoms with van der Waals surface area (Å²) in [4.78, 5) is 33.5. The Balaban J connectivity index is 1.44. The van der Waals surface area contributed by atoms with E-state index >= 15 is 0 Å². The van der Waals surface area contributed by atoms with Crippen LogP contribution in [0.15, 0.2) is 51.9 Å². The number of fused-ring (bicyclic) bond motifs is 1. The van der Waals surface area contributed by atoms with Gasteiger partial charge in [-0.3, -0.25) is 14.3 Å². The van der Waals surface area contributed by atoms with Crippen LogP contribution in [0.5, 0.6) is 0 Å². The van der Waals surface area contributed by atoms with Gasteiger partial charge in [-0.2, -0.15) is 0 Å². The Hall–Kier alpha value is -4.25. The third-order valence-electron chi connectivity index (χ3n) is 9.52. The van der Waals surface area contributed by atoms with E-state index in [9.17, 15) is 18.0 Å². The second kappa shape index (κ2) is 12.7. The van der Waals surface area contributed by atoms with E-state index in [4.69, 9.17) is 9.51 Å². The van der Waals surface area contributed by atoms with Gasteiger partial charge >= 0.3 is 0 Å². The Morgan fingerprint density at radius 1 is 1.00 bits per heavy atom. The van der Waals surface area contributed by atoms with E-state index in [1.165, 1.54) is 0 Å². The maximum Gasteiger partial charge on any atom is 0.263 e. The summed E-state index contributed by atoms with van der Waals surface area (Å²) in [6.07, 6.45) is 5.56. The Kier molecular flexibility index (Phi) is 8.86. The van der Waals surface area contributed by atoms with Crippen LogP contribution in [0, 0.1) is 19.3 Å². The average Bonchev–Trinajstić information content (AvgIpc) is 3.57. The lowest BCUT2D eigenvalue weighted by Crippen LogP contribution is -2.30. The number of nitrogens with one attached hydrogen (secondary N) is 1. The molecule has 10 nitrogen and oxygen atoms in total. The molecule has 0 bridgehead atoms. The molecule has 0 radical (unpaired) electrons. The van der Waals surface area contributed by atoms with Gasteiger partial charge in [0.25, 0.3) is 10.0 Å². The smallest absolute Gasteiger partial charge is 0.263 e. The van der Waals surface area contributed by atoms with Gasteiger partial charge in [0.1, 0.15) is 17.3 Å². The number of hydrogen-bond donors (Lipinski definition) is 1. The van der Waals surface area contributed by atoms with Crippen LogP contribution in [0.4, 0.5) is 5.82 Å². The van der Waals surface area contributed by atoms with Crippen LogP contribution in [-0.4, -0.2) is 46.3 Å². The van der Waals surface area contributed by atoms with Crippen molar-refractivity contribution < 1.29 is 22.5 Å². The molecule has 0 saturated carbocycles. The number of Topliss-reactive ketones (excluding diaryl/α,β-unsaturated/α-hetero) is 1. The highest BCUT2D eigenvalue weighted by Crippen LogP contribution is 2.36. The number of aromatic nitrogens is 3. The van der Waals surface area contributed by atoms with Crippen molar-refractivity contribution in [2.75, 3.05) is 11.3 Å². The van der Waals surface area contributed by atoms with E-state index in [0.717, 1.165) is 66.7 Å². The van der Waals surface area contributed by atoms with E-state index in [-0.39, 0.29) is 22.4 Å². The van der Waals surface area contributed by atoms with Crippen molar-refractivity contribution in [1.29, 1.82) is 0 Å². The van der Waals surface area contributed by atoms with Gasteiger partial charge in [0, 0.05) is 49.0 Å². The third kappa shape index (κ3) is 6.37. The van der Waals surface area contributed by atoms with Gasteiger partial charge in [-0.1, -0.05) is 62.3 Å². The maximum absolute atomic E-state index is 13.8. The predicted octanol–water partition coefficient (Wildman–Crippen LogP) is 6.62. The van der Waals surface area contributed by atoms with Gasteiger partial charge in [-0.05, 0) is 68.7 Å². The highest BCUT2D eigenvalue weighted by Gasteiger charge is 2.39. The molecule has 2 aromatic heterocycles. The molecule has 3 heterocycles. The first-order valence-corrected chi connectivity index (χ1v) is 18.0. The number of rotatable bonds is 10. The molecule has 0 atom stereocenters. The molecule has 1 aliphatic heterocycles. The number of benzene rings is 2. The molecular weight excluding hydrogens is 614 g/mol. The van der Waals surface area contributed by atoms with Crippen LogP contribution in [0.25, 0.3) is 11.1 Å². The van der Waals surface area contributed by atoms with E-state index in [1.54, 1.807) is 32.0 Å². The number of likely N-dealkylation sites (tertiary alicyclic amines) is 1. The maximum atomic E-state index is 13.8. The summed E-state index contributed by atoms with van der Waals surface area (Å²) < 4.78 is 37.5. The third-order valence-corrected chi connectivity index (χ3v) is 10.9. The summed E-state index contributed by atoms with van der Waals surface area (Å²) in [7, 11) is -4.06. The van der Waals surface area contributed by atoms with Crippen LogP contribution < -0.4 is 4.72 Å². The lowest BCUT2D eigenvalue weighted by molar-refractivity contribution is -0.135. The summed E-state index contributed by atoms with van der Waals surface area (Å²) >= 11 is 0. The number of anilines is 1. The fourth-order valence-corrected chi connectivity index (χ4v) is 7.95. The predicted molar refractivity (Wildman–Crippen MR) is 180 cm³/mol. The summed E-state index contributed by atoms with van der Waals surface area (Å²) in [5, 5.41) is 3.90. The molecule has 0 spiro atoms. The fraction of sp³-hybridized carbons (Fsp3) is 0.444. The van der Waals surface area contributed by atoms with Crippen LogP contribution in [0.3, 0.4) is 0 Å². The molecule has 4 aromatic rings. The molecule has 47 heavy (non-hydrogen) atoms. The first kappa shape index (κ1) is 32.7. The molecular formula is C36H43N5O5S. The minimum absolute atomic E-state index is 0.0732. The van der Waals surface area contributed by atoms with Gasteiger partial charge in [-0.15, -0.1) is 0 Å². The van der Waals surface area contributed by atoms with Crippen LogP contribution in [-0.2, 0) is 40.7 Å². The summed E-state index contributed by atoms with van der Waals surface area (Å²) in [6, 6.07) is 12.8. The largest absolute Gasteiger partial charge is 0.359 e. The quantitative estimate of drug-likeness (QED) is 0.190. The minimum atomic E-state index is -4.06. The zero-order chi connectivity index (χ0) is 33.5. The molecule has 6 rings (SSSR count). The van der Waals surface area contributed by atoms with Gasteiger partial charge in [0.2, 0.25) is 5.91 Å². The van der Waals surface area contributed by atoms with E-state index in [1.807, 2.05) is 36.9 Å². The summed E-state index contributed by atoms with van der Waals surface area (Å²) in [5.74, 6) is 1.80. The lowest BCUT2D eigenvalue weighted by Gasteiger charge is -2.23. The first-order valence-electron chi connectivity index (χ1n) is 16.5. The van der Waals surface area contributed by atoms with Gasteiger partial charge in [0.05, 0.1) is 10.6 Å². The number of carbonyl (C=O) groups excluding carboxylic acids is 2. The number of ketones is 1. The second-order valence-electron chi connectivity index (χ2n) is 13.5. The number of sulfonamides is 1. The monoisotopic (exact) mass is 657 g/mol. The fourth-order valence-electron chi connectivity index (χ4n) is 6.67. The van der Waals surface area contributed by atoms with Gasteiger partial charge in [0.15, 0.2) is 11.6 Å². The molecule has 11 heteroatoms. The number of aryl methyl sites for hydroxylation is 3. The number of carbonyl (C=O) groups is 2. The number of hydrogen-bond acceptors (Lipinski definition) is 7. The van der Waals surface area contributed by atoms with Crippen LogP contribution in [0.1, 0.15) is 97.3 Å². The van der Waals surface area contributed by atoms with Crippen molar-refractivity contribution in [2.24, 2.45) is 5.41 Å². The van der Waals surface area contributed by atoms with E-state index in [2.05, 4.69) is 27.4 Å². The first-order chi connectivity index (χ1) is 22.4. The van der Waals surface area contributed by atoms with Crippen LogP contribution in [0.2, 0.25) is 0 Å². The van der Waals surface area contributed by atoms with Crippen molar-refractivity contribution in [3.8, 4) is 11.1 Å². The van der Waals surface area contributed by atoms with Crippen molar-refractivity contribution in [3.63, 3.8) is 0 Å². The van der Waals surface area contributed by atoms with Crippen molar-refractivity contribution in [3.05, 3.63) is 82.1 Å². The SMILES string of the molecule is CCCc1nc2c(n1Cc1ccc(-c3ccccc3S(=O)(=O)Nc3noc(C)c3C)c(CN3CCC(C)(C)C3=O)c1)C(=O)CCCC2. The topological polar surface area (TPSA) is 127 Å². The minimum Gasteiger partial charge on any atom is -0.359 e. The van der Waals surface area contributed by atoms with Crippen molar-refractivity contribution in [2.45, 2.75) is 97.5 Å². The molecule has 248 valence electrons. The lowest BCUT2D eigenvalue weighted by atomic mass is 9.92. The molecule has 2 aliphatic rings. The van der Waals surface area contributed by atoms with Gasteiger partial charge in [-0.25, -0.2) is 13.4 Å². The second-order valence-corrected chi connectivity index (χ2v) is 15.1. The Morgan fingerprint density at radius 3 is 2.47 bits per heavy atom. The van der Waals surface area contributed by atoms with E-state index in [0.29, 0.717) is 48.6 Å². The standard InChI is InChI=1S/C36H43N5O5S/c1-6-11-32-37-29-13-8-9-14-30(42)33(29)41(32)21-25-16-17-27(26(20-25)22-40-19-18-36(4,5)35(40)43)28-12-7-10-15-31(28)47(44,45)39-34-23(2)24(3)46-38-34/h7,10,12,15-17,20H,6,8-9,11,13-14,18-19,21-22H2,1-5H3,(H,38,39). The molecule has 1 fully saturated rings. The van der Waals surface area contributed by atoms with Crippen molar-refractivity contribution in [1.82, 2.24) is 19.6 Å². The number of amides is 1. The Labute approximate surface area is 276 Å². The van der Waals surface area contributed by atoms with E-state index < -0.39 is 15.4 Å².